The molecule has 3 rings (SSSR count). The van der Waals surface area contributed by atoms with E-state index in [1.165, 1.54) is 0 Å². The van der Waals surface area contributed by atoms with Gasteiger partial charge in [0.2, 0.25) is 11.9 Å². The molecule has 10 heteroatoms. The fourth-order valence-corrected chi connectivity index (χ4v) is 3.08. The molecule has 1 aliphatic rings. The van der Waals surface area contributed by atoms with Crippen molar-refractivity contribution in [3.63, 3.8) is 0 Å². The van der Waals surface area contributed by atoms with Crippen LogP contribution in [0.5, 0.6) is 0 Å². The molecule has 0 atom stereocenters. The van der Waals surface area contributed by atoms with Gasteiger partial charge in [-0.15, -0.1) is 24.0 Å². The Morgan fingerprint density at radius 3 is 2.53 bits per heavy atom. The van der Waals surface area contributed by atoms with E-state index in [9.17, 15) is 4.79 Å². The van der Waals surface area contributed by atoms with E-state index >= 15 is 0 Å². The van der Waals surface area contributed by atoms with Crippen molar-refractivity contribution in [2.24, 2.45) is 4.99 Å². The third kappa shape index (κ3) is 7.08. The van der Waals surface area contributed by atoms with E-state index in [2.05, 4.69) is 40.4 Å². The molecule has 1 saturated heterocycles. The first-order chi connectivity index (χ1) is 14.2. The second-order valence-electron chi connectivity index (χ2n) is 6.72. The van der Waals surface area contributed by atoms with Crippen LogP contribution in [0.1, 0.15) is 19.0 Å². The zero-order chi connectivity index (χ0) is 20.5. The van der Waals surface area contributed by atoms with Gasteiger partial charge in [0.1, 0.15) is 5.82 Å². The Kier molecular flexibility index (Phi) is 9.71. The van der Waals surface area contributed by atoms with Crippen LogP contribution in [0, 0.1) is 6.92 Å². The Bertz CT molecular complexity index is 825. The van der Waals surface area contributed by atoms with Crippen LogP contribution in [0.25, 0.3) is 0 Å². The Hall–Kier alpha value is -2.50. The van der Waals surface area contributed by atoms with Gasteiger partial charge in [-0.1, -0.05) is 6.07 Å². The molecule has 0 bridgehead atoms. The fourth-order valence-electron chi connectivity index (χ4n) is 3.08. The zero-order valence-electron chi connectivity index (χ0n) is 17.4. The molecule has 30 heavy (non-hydrogen) atoms. The number of amides is 1. The quantitative estimate of drug-likeness (QED) is 0.339. The number of guanidine groups is 1. The maximum Gasteiger partial charge on any atom is 0.227 e. The lowest BCUT2D eigenvalue weighted by Crippen LogP contribution is -2.53. The third-order valence-corrected chi connectivity index (χ3v) is 4.51. The summed E-state index contributed by atoms with van der Waals surface area (Å²) in [7, 11) is 0. The van der Waals surface area contributed by atoms with E-state index in [1.807, 2.05) is 32.0 Å². The molecule has 0 saturated carbocycles. The lowest BCUT2D eigenvalue weighted by molar-refractivity contribution is -0.116. The fraction of sp³-hybridized carbons (Fsp3) is 0.450. The predicted octanol–water partition coefficient (Wildman–Crippen LogP) is 1.91. The van der Waals surface area contributed by atoms with Crippen LogP contribution < -0.4 is 15.5 Å². The molecule has 2 aromatic rings. The van der Waals surface area contributed by atoms with Crippen LogP contribution in [0.3, 0.4) is 0 Å². The van der Waals surface area contributed by atoms with Gasteiger partial charge >= 0.3 is 0 Å². The van der Waals surface area contributed by atoms with Gasteiger partial charge in [-0.2, -0.15) is 0 Å². The highest BCUT2D eigenvalue weighted by Crippen LogP contribution is 2.10. The van der Waals surface area contributed by atoms with Crippen molar-refractivity contribution in [1.82, 2.24) is 25.2 Å². The number of rotatable bonds is 6. The number of piperazine rings is 1. The maximum atomic E-state index is 12.2. The molecular weight excluding hydrogens is 495 g/mol. The number of nitrogens with one attached hydrogen (secondary N) is 2. The van der Waals surface area contributed by atoms with Crippen molar-refractivity contribution in [2.45, 2.75) is 20.3 Å². The number of carbonyl (C=O) groups is 1. The first-order valence-corrected chi connectivity index (χ1v) is 9.94. The molecule has 0 aliphatic carbocycles. The number of carbonyl (C=O) groups excluding carboxylic acids is 1. The van der Waals surface area contributed by atoms with Gasteiger partial charge in [-0.25, -0.2) is 15.0 Å². The van der Waals surface area contributed by atoms with Crippen molar-refractivity contribution < 1.29 is 4.79 Å². The van der Waals surface area contributed by atoms with Crippen LogP contribution in [0.2, 0.25) is 0 Å². The van der Waals surface area contributed by atoms with E-state index < -0.39 is 0 Å². The number of hydrogen-bond acceptors (Lipinski definition) is 6. The minimum absolute atomic E-state index is 0. The first-order valence-electron chi connectivity index (χ1n) is 9.94. The van der Waals surface area contributed by atoms with Gasteiger partial charge < -0.3 is 20.4 Å². The number of pyridine rings is 1. The summed E-state index contributed by atoms with van der Waals surface area (Å²) in [4.78, 5) is 34.1. The van der Waals surface area contributed by atoms with Crippen molar-refractivity contribution >= 4 is 47.6 Å². The summed E-state index contributed by atoms with van der Waals surface area (Å²) in [6, 6.07) is 7.38. The molecule has 162 valence electrons. The molecular formula is C20H29IN8O. The van der Waals surface area contributed by atoms with Crippen molar-refractivity contribution in [2.75, 3.05) is 49.5 Å². The minimum atomic E-state index is -0.0891. The molecule has 1 fully saturated rings. The second kappa shape index (κ2) is 12.3. The van der Waals surface area contributed by atoms with Crippen molar-refractivity contribution in [1.29, 1.82) is 0 Å². The topological polar surface area (TPSA) is 98.6 Å². The summed E-state index contributed by atoms with van der Waals surface area (Å²) >= 11 is 0. The van der Waals surface area contributed by atoms with E-state index in [1.54, 1.807) is 18.5 Å². The summed E-state index contributed by atoms with van der Waals surface area (Å²) in [5, 5.41) is 6.14. The van der Waals surface area contributed by atoms with Crippen LogP contribution in [-0.2, 0) is 4.79 Å². The lowest BCUT2D eigenvalue weighted by atomic mass is 10.3. The molecule has 0 unspecified atom stereocenters. The smallest absolute Gasteiger partial charge is 0.227 e. The Morgan fingerprint density at radius 1 is 1.13 bits per heavy atom. The second-order valence-corrected chi connectivity index (χ2v) is 6.72. The van der Waals surface area contributed by atoms with E-state index in [-0.39, 0.29) is 29.9 Å². The largest absolute Gasteiger partial charge is 0.357 e. The van der Waals surface area contributed by atoms with Gasteiger partial charge in [0.25, 0.3) is 0 Å². The predicted molar refractivity (Wildman–Crippen MR) is 129 cm³/mol. The molecule has 9 nitrogen and oxygen atoms in total. The van der Waals surface area contributed by atoms with E-state index in [4.69, 9.17) is 0 Å². The highest BCUT2D eigenvalue weighted by molar-refractivity contribution is 14.0. The Morgan fingerprint density at radius 2 is 1.87 bits per heavy atom. The van der Waals surface area contributed by atoms with Crippen LogP contribution in [0.15, 0.2) is 41.7 Å². The average molecular weight is 524 g/mol. The van der Waals surface area contributed by atoms with Gasteiger partial charge in [0.05, 0.1) is 6.54 Å². The molecule has 0 radical (unpaired) electrons. The summed E-state index contributed by atoms with van der Waals surface area (Å²) in [6.07, 6.45) is 3.83. The van der Waals surface area contributed by atoms with Gasteiger partial charge in [-0.05, 0) is 32.0 Å². The van der Waals surface area contributed by atoms with Gasteiger partial charge in [0.15, 0.2) is 5.96 Å². The Labute approximate surface area is 194 Å². The summed E-state index contributed by atoms with van der Waals surface area (Å²) in [5.41, 5.74) is 0.871. The number of anilines is 2. The zero-order valence-corrected chi connectivity index (χ0v) is 19.7. The standard InChI is InChI=1S/C20H28N8O.HI/c1-3-21-19(24-11-8-18(29)26-17-7-4-6-16(2)25-17)27-12-14-28(15-13-27)20-22-9-5-10-23-20;/h4-7,9-10H,3,8,11-15H2,1-2H3,(H,21,24)(H,25,26,29);1H. The summed E-state index contributed by atoms with van der Waals surface area (Å²) < 4.78 is 0. The highest BCUT2D eigenvalue weighted by atomic mass is 127. The molecule has 1 aliphatic heterocycles. The number of aryl methyl sites for hydroxylation is 1. The number of aliphatic imine (C=N–C) groups is 1. The molecule has 3 heterocycles. The molecule has 0 spiro atoms. The van der Waals surface area contributed by atoms with Crippen LogP contribution in [-0.4, -0.2) is 71.0 Å². The molecule has 0 aromatic carbocycles. The van der Waals surface area contributed by atoms with Crippen LogP contribution in [0.4, 0.5) is 11.8 Å². The summed E-state index contributed by atoms with van der Waals surface area (Å²) in [6.45, 7) is 8.43. The minimum Gasteiger partial charge on any atom is -0.357 e. The normalized spacial score (nSPS) is 14.1. The number of halogens is 1. The van der Waals surface area contributed by atoms with Crippen molar-refractivity contribution in [3.05, 3.63) is 42.4 Å². The first kappa shape index (κ1) is 23.8. The average Bonchev–Trinajstić information content (AvgIpc) is 2.74. The van der Waals surface area contributed by atoms with Crippen molar-refractivity contribution in [3.8, 4) is 0 Å². The third-order valence-electron chi connectivity index (χ3n) is 4.51. The van der Waals surface area contributed by atoms with E-state index in [0.717, 1.165) is 50.3 Å². The number of aromatic nitrogens is 3. The van der Waals surface area contributed by atoms with Gasteiger partial charge in [-0.3, -0.25) is 9.79 Å². The summed E-state index contributed by atoms with van der Waals surface area (Å²) in [5.74, 6) is 2.08. The highest BCUT2D eigenvalue weighted by Gasteiger charge is 2.21. The molecule has 2 aromatic heterocycles. The maximum absolute atomic E-state index is 12.2. The number of hydrogen-bond donors (Lipinski definition) is 2. The number of nitrogens with zero attached hydrogens (tertiary/aromatic N) is 6. The lowest BCUT2D eigenvalue weighted by Gasteiger charge is -2.36. The SMILES string of the molecule is CCNC(=NCCC(=O)Nc1cccc(C)n1)N1CCN(c2ncccn2)CC1.I. The van der Waals surface area contributed by atoms with Gasteiger partial charge in [0, 0.05) is 57.2 Å². The Balaban J connectivity index is 0.00000320. The monoisotopic (exact) mass is 524 g/mol. The van der Waals surface area contributed by atoms with Crippen LogP contribution >= 0.6 is 24.0 Å². The van der Waals surface area contributed by atoms with E-state index in [0.29, 0.717) is 18.8 Å². The molecule has 1 amide bonds. The molecule has 2 N–H and O–H groups in total.